The molecule has 9 heteroatoms. The Balaban J connectivity index is 1.64. The molecule has 3 aromatic carbocycles. The van der Waals surface area contributed by atoms with E-state index in [1.807, 2.05) is 24.3 Å². The normalized spacial score (nSPS) is 17.7. The molecule has 0 aliphatic carbocycles. The van der Waals surface area contributed by atoms with Gasteiger partial charge in [0.15, 0.2) is 5.82 Å². The highest BCUT2D eigenvalue weighted by molar-refractivity contribution is 6.35. The van der Waals surface area contributed by atoms with E-state index >= 15 is 4.39 Å². The number of nitrogens with one attached hydrogen (secondary N) is 1. The first-order valence-corrected chi connectivity index (χ1v) is 14.5. The number of aromatic nitrogens is 2. The average Bonchev–Trinajstić information content (AvgIpc) is 2.94. The van der Waals surface area contributed by atoms with Crippen LogP contribution in [0.15, 0.2) is 42.5 Å². The van der Waals surface area contributed by atoms with Crippen LogP contribution in [-0.2, 0) is 0 Å². The van der Waals surface area contributed by atoms with Gasteiger partial charge < -0.3 is 25.0 Å². The molecule has 2 heterocycles. The van der Waals surface area contributed by atoms with Gasteiger partial charge in [0.25, 0.3) is 0 Å². The van der Waals surface area contributed by atoms with Gasteiger partial charge >= 0.3 is 6.01 Å². The van der Waals surface area contributed by atoms with Crippen LogP contribution in [-0.4, -0.2) is 71.4 Å². The maximum absolute atomic E-state index is 16.6. The van der Waals surface area contributed by atoms with Gasteiger partial charge in [0.05, 0.1) is 11.6 Å². The van der Waals surface area contributed by atoms with Crippen molar-refractivity contribution in [3.63, 3.8) is 0 Å². The monoisotopic (exact) mass is 565 g/mol. The molecule has 1 saturated heterocycles. The maximum Gasteiger partial charge on any atom is 0.319 e. The van der Waals surface area contributed by atoms with Crippen LogP contribution in [0.5, 0.6) is 11.8 Å². The molecule has 0 bridgehead atoms. The molecule has 1 aromatic heterocycles. The minimum Gasteiger partial charge on any atom is -0.508 e. The van der Waals surface area contributed by atoms with Gasteiger partial charge in [0.2, 0.25) is 0 Å². The molecular formula is C31H37ClFN5O2. The summed E-state index contributed by atoms with van der Waals surface area (Å²) in [7, 11) is 0. The summed E-state index contributed by atoms with van der Waals surface area (Å²) in [4.78, 5) is 13.9. The van der Waals surface area contributed by atoms with Gasteiger partial charge in [-0.3, -0.25) is 0 Å². The number of phenolic OH excluding ortho intramolecular Hbond substituents is 1. The number of benzene rings is 3. The highest BCUT2D eigenvalue weighted by Crippen LogP contribution is 2.42. The Hall–Kier alpha value is -3.20. The molecule has 0 spiro atoms. The zero-order chi connectivity index (χ0) is 28.4. The van der Waals surface area contributed by atoms with Gasteiger partial charge in [0.1, 0.15) is 17.1 Å². The first-order valence-electron chi connectivity index (χ1n) is 14.1. The number of piperazine rings is 1. The Morgan fingerprint density at radius 1 is 1.12 bits per heavy atom. The van der Waals surface area contributed by atoms with Gasteiger partial charge in [-0.2, -0.15) is 9.97 Å². The molecule has 2 N–H and O–H groups in total. The molecule has 40 heavy (non-hydrogen) atoms. The zero-order valence-corrected chi connectivity index (χ0v) is 24.3. The minimum absolute atomic E-state index is 0.0356. The fourth-order valence-electron chi connectivity index (χ4n) is 5.50. The van der Waals surface area contributed by atoms with Crippen molar-refractivity contribution >= 4 is 39.1 Å². The molecule has 4 aromatic rings. The van der Waals surface area contributed by atoms with E-state index in [4.69, 9.17) is 21.3 Å². The van der Waals surface area contributed by atoms with Crippen molar-refractivity contribution in [1.82, 2.24) is 20.2 Å². The van der Waals surface area contributed by atoms with Gasteiger partial charge in [-0.25, -0.2) is 4.39 Å². The number of anilines is 1. The van der Waals surface area contributed by atoms with Crippen LogP contribution in [0.1, 0.15) is 34.1 Å². The van der Waals surface area contributed by atoms with E-state index in [1.165, 1.54) is 0 Å². The smallest absolute Gasteiger partial charge is 0.319 e. The van der Waals surface area contributed by atoms with Crippen molar-refractivity contribution in [3.8, 4) is 22.9 Å². The van der Waals surface area contributed by atoms with Gasteiger partial charge in [-0.1, -0.05) is 49.7 Å². The third kappa shape index (κ3) is 5.66. The molecule has 0 unspecified atom stereocenters. The molecule has 7 nitrogen and oxygen atoms in total. The predicted octanol–water partition coefficient (Wildman–Crippen LogP) is 6.25. The maximum atomic E-state index is 16.6. The van der Waals surface area contributed by atoms with Crippen molar-refractivity contribution < 1.29 is 14.2 Å². The Labute approximate surface area is 239 Å². The zero-order valence-electron chi connectivity index (χ0n) is 23.5. The SMILES string of the molecule is CCN(CC)CCCOc1nc(N2C[C@@H](C)NC[C@@H]2C)c2cc(Cl)c(-c3cc(O)cc4ccccc34)c(F)c2n1. The molecule has 212 valence electrons. The van der Waals surface area contributed by atoms with E-state index < -0.39 is 5.82 Å². The van der Waals surface area contributed by atoms with Crippen LogP contribution in [0.3, 0.4) is 0 Å². The summed E-state index contributed by atoms with van der Waals surface area (Å²) in [5, 5.41) is 16.3. The summed E-state index contributed by atoms with van der Waals surface area (Å²) >= 11 is 6.83. The third-order valence-corrected chi connectivity index (χ3v) is 8.04. The highest BCUT2D eigenvalue weighted by Gasteiger charge is 2.28. The predicted molar refractivity (Wildman–Crippen MR) is 161 cm³/mol. The number of phenols is 1. The molecule has 1 fully saturated rings. The van der Waals surface area contributed by atoms with E-state index in [0.717, 1.165) is 43.4 Å². The van der Waals surface area contributed by atoms with Crippen LogP contribution in [0.4, 0.5) is 10.2 Å². The topological polar surface area (TPSA) is 73.8 Å². The summed E-state index contributed by atoms with van der Waals surface area (Å²) in [6.45, 7) is 13.3. The number of hydrogen-bond acceptors (Lipinski definition) is 7. The second kappa shape index (κ2) is 12.1. The Morgan fingerprint density at radius 3 is 2.67 bits per heavy atom. The molecule has 0 saturated carbocycles. The van der Waals surface area contributed by atoms with Crippen molar-refractivity contribution in [3.05, 3.63) is 53.3 Å². The van der Waals surface area contributed by atoms with Crippen molar-refractivity contribution in [2.75, 3.05) is 44.2 Å². The first kappa shape index (κ1) is 28.3. The highest BCUT2D eigenvalue weighted by atomic mass is 35.5. The Kier molecular flexibility index (Phi) is 8.59. The van der Waals surface area contributed by atoms with E-state index in [0.29, 0.717) is 29.9 Å². The lowest BCUT2D eigenvalue weighted by Crippen LogP contribution is -2.54. The molecular weight excluding hydrogens is 529 g/mol. The number of fused-ring (bicyclic) bond motifs is 2. The second-order valence-electron chi connectivity index (χ2n) is 10.5. The largest absolute Gasteiger partial charge is 0.508 e. The fraction of sp³-hybridized carbons (Fsp3) is 0.419. The molecule has 1 aliphatic rings. The lowest BCUT2D eigenvalue weighted by atomic mass is 9.96. The standard InChI is InChI=1S/C31H37ClFN5O2/c1-5-37(6-2)12-9-13-40-31-35-29-25(30(36-31)38-18-19(3)34-17-20(38)4)16-26(32)27(28(29)33)24-15-22(39)14-21-10-7-8-11-23(21)24/h7-8,10-11,14-16,19-20,34,39H,5-6,9,12-13,17-18H2,1-4H3/t19-,20+/m1/s1. The van der Waals surface area contributed by atoms with Crippen molar-refractivity contribution in [2.24, 2.45) is 0 Å². The number of rotatable bonds is 9. The third-order valence-electron chi connectivity index (χ3n) is 7.74. The van der Waals surface area contributed by atoms with Crippen molar-refractivity contribution in [2.45, 2.75) is 46.2 Å². The lowest BCUT2D eigenvalue weighted by molar-refractivity contribution is 0.239. The molecule has 1 aliphatic heterocycles. The van der Waals surface area contributed by atoms with Gasteiger partial charge in [-0.05, 0) is 67.9 Å². The summed E-state index contributed by atoms with van der Waals surface area (Å²) in [5.41, 5.74) is 0.847. The van der Waals surface area contributed by atoms with Gasteiger partial charge in [0, 0.05) is 42.7 Å². The number of nitrogens with zero attached hydrogens (tertiary/aromatic N) is 4. The number of halogens is 2. The van der Waals surface area contributed by atoms with Gasteiger partial charge in [-0.15, -0.1) is 0 Å². The fourth-order valence-corrected chi connectivity index (χ4v) is 5.79. The quantitative estimate of drug-likeness (QED) is 0.232. The Bertz CT molecular complexity index is 1510. The Morgan fingerprint density at radius 2 is 1.90 bits per heavy atom. The summed E-state index contributed by atoms with van der Waals surface area (Å²) < 4.78 is 22.6. The van der Waals surface area contributed by atoms with Crippen LogP contribution in [0.25, 0.3) is 32.8 Å². The summed E-state index contributed by atoms with van der Waals surface area (Å²) in [6.07, 6.45) is 0.809. The van der Waals surface area contributed by atoms with E-state index in [9.17, 15) is 5.11 Å². The summed E-state index contributed by atoms with van der Waals surface area (Å²) in [5.74, 6) is 0.0805. The first-order chi connectivity index (χ1) is 19.3. The molecule has 5 rings (SSSR count). The summed E-state index contributed by atoms with van der Waals surface area (Å²) in [6, 6.07) is 13.0. The lowest BCUT2D eigenvalue weighted by Gasteiger charge is -2.39. The number of hydrogen-bond donors (Lipinski definition) is 2. The van der Waals surface area contributed by atoms with Crippen LogP contribution in [0.2, 0.25) is 5.02 Å². The van der Waals surface area contributed by atoms with E-state index in [2.05, 4.69) is 47.8 Å². The van der Waals surface area contributed by atoms with E-state index in [1.54, 1.807) is 18.2 Å². The minimum atomic E-state index is -0.564. The molecule has 0 amide bonds. The van der Waals surface area contributed by atoms with Crippen molar-refractivity contribution in [1.29, 1.82) is 0 Å². The molecule has 2 atom stereocenters. The number of ether oxygens (including phenoxy) is 1. The van der Waals surface area contributed by atoms with Crippen LogP contribution < -0.4 is 15.0 Å². The molecule has 0 radical (unpaired) electrons. The van der Waals surface area contributed by atoms with E-state index in [-0.39, 0.29) is 39.9 Å². The van der Waals surface area contributed by atoms with Crippen LogP contribution in [0, 0.1) is 5.82 Å². The second-order valence-corrected chi connectivity index (χ2v) is 10.9. The average molecular weight is 566 g/mol. The number of aromatic hydroxyl groups is 1. The van der Waals surface area contributed by atoms with Crippen LogP contribution >= 0.6 is 11.6 Å².